The van der Waals surface area contributed by atoms with Crippen molar-refractivity contribution in [2.24, 2.45) is 5.92 Å². The Morgan fingerprint density at radius 1 is 1.69 bits per heavy atom. The van der Waals surface area contributed by atoms with Crippen molar-refractivity contribution >= 4 is 16.5 Å². The van der Waals surface area contributed by atoms with Gasteiger partial charge in [0.2, 0.25) is 0 Å². The summed E-state index contributed by atoms with van der Waals surface area (Å²) in [4.78, 5) is 5.43. The van der Waals surface area contributed by atoms with Crippen molar-refractivity contribution in [1.29, 1.82) is 0 Å². The Kier molecular flexibility index (Phi) is 4.56. The molecule has 0 aromatic carbocycles. The summed E-state index contributed by atoms with van der Waals surface area (Å²) in [7, 11) is 0. The first-order valence-corrected chi connectivity index (χ1v) is 6.54. The van der Waals surface area contributed by atoms with Gasteiger partial charge in [-0.15, -0.1) is 0 Å². The highest BCUT2D eigenvalue weighted by Crippen LogP contribution is 2.19. The summed E-state index contributed by atoms with van der Waals surface area (Å²) in [5, 5.41) is 4.17. The number of ether oxygens (including phenoxy) is 2. The first-order valence-electron chi connectivity index (χ1n) is 5.72. The van der Waals surface area contributed by atoms with E-state index < -0.39 is 0 Å². The van der Waals surface area contributed by atoms with Gasteiger partial charge in [-0.2, -0.15) is 0 Å². The maximum absolute atomic E-state index is 5.66. The molecule has 2 rings (SSSR count). The summed E-state index contributed by atoms with van der Waals surface area (Å²) in [6.07, 6.45) is 3.01. The number of thiazole rings is 1. The molecule has 1 aromatic rings. The number of hydrogen-bond donors (Lipinski definition) is 1. The van der Waals surface area contributed by atoms with Gasteiger partial charge in [-0.1, -0.05) is 11.3 Å². The Labute approximate surface area is 100.0 Å². The first kappa shape index (κ1) is 11.8. The third-order valence-electron chi connectivity index (χ3n) is 2.50. The number of anilines is 1. The van der Waals surface area contributed by atoms with E-state index in [0.29, 0.717) is 12.5 Å². The van der Waals surface area contributed by atoms with Crippen molar-refractivity contribution in [1.82, 2.24) is 4.98 Å². The van der Waals surface area contributed by atoms with Crippen molar-refractivity contribution in [3.63, 3.8) is 0 Å². The molecule has 0 saturated carbocycles. The van der Waals surface area contributed by atoms with Crippen molar-refractivity contribution in [2.45, 2.75) is 20.0 Å². The lowest BCUT2D eigenvalue weighted by molar-refractivity contribution is 0.0805. The molecule has 0 bridgehead atoms. The molecule has 1 fully saturated rings. The summed E-state index contributed by atoms with van der Waals surface area (Å²) < 4.78 is 11.0. The largest absolute Gasteiger partial charge is 0.381 e. The molecule has 1 aliphatic heterocycles. The average molecular weight is 242 g/mol. The zero-order valence-electron chi connectivity index (χ0n) is 9.57. The van der Waals surface area contributed by atoms with Gasteiger partial charge in [0.15, 0.2) is 5.13 Å². The average Bonchev–Trinajstić information content (AvgIpc) is 2.90. The zero-order chi connectivity index (χ0) is 11.2. The highest BCUT2D eigenvalue weighted by atomic mass is 32.1. The zero-order valence-corrected chi connectivity index (χ0v) is 10.4. The minimum Gasteiger partial charge on any atom is -0.381 e. The number of nitrogens with one attached hydrogen (secondary N) is 1. The van der Waals surface area contributed by atoms with Crippen LogP contribution in [0.2, 0.25) is 0 Å². The normalized spacial score (nSPS) is 20.2. The van der Waals surface area contributed by atoms with Crippen LogP contribution in [0.25, 0.3) is 0 Å². The van der Waals surface area contributed by atoms with E-state index in [9.17, 15) is 0 Å². The SMILES string of the molecule is CCNc1ncc(COCC2CCOC2)s1. The Hall–Kier alpha value is -0.650. The fraction of sp³-hybridized carbons (Fsp3) is 0.727. The molecule has 4 nitrogen and oxygen atoms in total. The maximum Gasteiger partial charge on any atom is 0.182 e. The Morgan fingerprint density at radius 3 is 3.38 bits per heavy atom. The van der Waals surface area contributed by atoms with E-state index in [1.54, 1.807) is 11.3 Å². The van der Waals surface area contributed by atoms with Crippen LogP contribution in [-0.2, 0) is 16.1 Å². The molecule has 1 N–H and O–H groups in total. The second kappa shape index (κ2) is 6.18. The number of aromatic nitrogens is 1. The van der Waals surface area contributed by atoms with Gasteiger partial charge in [0.25, 0.3) is 0 Å². The van der Waals surface area contributed by atoms with Gasteiger partial charge in [0.1, 0.15) is 0 Å². The predicted octanol–water partition coefficient (Wildman–Crippen LogP) is 2.13. The van der Waals surface area contributed by atoms with Crippen LogP contribution < -0.4 is 5.32 Å². The van der Waals surface area contributed by atoms with Crippen LogP contribution in [-0.4, -0.2) is 31.3 Å². The molecular formula is C11H18N2O2S. The van der Waals surface area contributed by atoms with Crippen LogP contribution in [0.1, 0.15) is 18.2 Å². The van der Waals surface area contributed by atoms with Gasteiger partial charge in [-0.3, -0.25) is 0 Å². The van der Waals surface area contributed by atoms with E-state index in [2.05, 4.69) is 17.2 Å². The van der Waals surface area contributed by atoms with Crippen LogP contribution in [0.4, 0.5) is 5.13 Å². The summed E-state index contributed by atoms with van der Waals surface area (Å²) in [5.74, 6) is 0.584. The molecule has 0 spiro atoms. The van der Waals surface area contributed by atoms with Gasteiger partial charge >= 0.3 is 0 Å². The molecule has 1 unspecified atom stereocenters. The van der Waals surface area contributed by atoms with Gasteiger partial charge in [0.05, 0.1) is 24.7 Å². The van der Waals surface area contributed by atoms with E-state index in [1.165, 1.54) is 4.88 Å². The van der Waals surface area contributed by atoms with Gasteiger partial charge in [-0.05, 0) is 13.3 Å². The van der Waals surface area contributed by atoms with Crippen LogP contribution in [0.5, 0.6) is 0 Å². The van der Waals surface area contributed by atoms with E-state index in [-0.39, 0.29) is 0 Å². The number of hydrogen-bond acceptors (Lipinski definition) is 5. The van der Waals surface area contributed by atoms with Crippen LogP contribution in [0, 0.1) is 5.92 Å². The Balaban J connectivity index is 1.67. The molecule has 1 aromatic heterocycles. The quantitative estimate of drug-likeness (QED) is 0.830. The van der Waals surface area contributed by atoms with Crippen LogP contribution in [0.3, 0.4) is 0 Å². The molecule has 0 radical (unpaired) electrons. The topological polar surface area (TPSA) is 43.4 Å². The lowest BCUT2D eigenvalue weighted by Crippen LogP contribution is -2.08. The lowest BCUT2D eigenvalue weighted by atomic mass is 10.1. The monoisotopic (exact) mass is 242 g/mol. The van der Waals surface area contributed by atoms with E-state index >= 15 is 0 Å². The van der Waals surface area contributed by atoms with Gasteiger partial charge < -0.3 is 14.8 Å². The molecule has 1 saturated heterocycles. The summed E-state index contributed by atoms with van der Waals surface area (Å²) in [6, 6.07) is 0. The highest BCUT2D eigenvalue weighted by Gasteiger charge is 2.15. The van der Waals surface area contributed by atoms with Crippen molar-refractivity contribution in [2.75, 3.05) is 31.7 Å². The second-order valence-corrected chi connectivity index (χ2v) is 5.02. The molecular weight excluding hydrogens is 224 g/mol. The lowest BCUT2D eigenvalue weighted by Gasteiger charge is -2.06. The molecule has 1 atom stereocenters. The van der Waals surface area contributed by atoms with Crippen molar-refractivity contribution in [3.05, 3.63) is 11.1 Å². The maximum atomic E-state index is 5.66. The Bertz CT molecular complexity index is 311. The number of rotatable bonds is 6. The number of nitrogens with zero attached hydrogens (tertiary/aromatic N) is 1. The molecule has 16 heavy (non-hydrogen) atoms. The van der Waals surface area contributed by atoms with E-state index in [0.717, 1.165) is 37.9 Å². The van der Waals surface area contributed by atoms with Crippen LogP contribution >= 0.6 is 11.3 Å². The third kappa shape index (κ3) is 3.43. The fourth-order valence-electron chi connectivity index (χ4n) is 1.65. The van der Waals surface area contributed by atoms with E-state index in [4.69, 9.17) is 9.47 Å². The summed E-state index contributed by atoms with van der Waals surface area (Å²) >= 11 is 1.66. The minimum atomic E-state index is 0.584. The molecule has 0 aliphatic carbocycles. The van der Waals surface area contributed by atoms with Crippen molar-refractivity contribution in [3.8, 4) is 0 Å². The Morgan fingerprint density at radius 2 is 2.62 bits per heavy atom. The minimum absolute atomic E-state index is 0.584. The second-order valence-electron chi connectivity index (χ2n) is 3.91. The van der Waals surface area contributed by atoms with Crippen LogP contribution in [0.15, 0.2) is 6.20 Å². The third-order valence-corrected chi connectivity index (χ3v) is 3.43. The van der Waals surface area contributed by atoms with Gasteiger partial charge in [0, 0.05) is 25.3 Å². The first-order chi connectivity index (χ1) is 7.88. The highest BCUT2D eigenvalue weighted by molar-refractivity contribution is 7.15. The smallest absolute Gasteiger partial charge is 0.182 e. The molecule has 5 heteroatoms. The molecule has 0 amide bonds. The van der Waals surface area contributed by atoms with Crippen molar-refractivity contribution < 1.29 is 9.47 Å². The predicted molar refractivity (Wildman–Crippen MR) is 64.9 cm³/mol. The fourth-order valence-corrected chi connectivity index (χ4v) is 2.47. The summed E-state index contributed by atoms with van der Waals surface area (Å²) in [6.45, 7) is 6.18. The molecule has 90 valence electrons. The van der Waals surface area contributed by atoms with Gasteiger partial charge in [-0.25, -0.2) is 4.98 Å². The standard InChI is InChI=1S/C11H18N2O2S/c1-2-12-11-13-5-10(16-11)8-15-7-9-3-4-14-6-9/h5,9H,2-4,6-8H2,1H3,(H,12,13). The molecule has 1 aliphatic rings. The summed E-state index contributed by atoms with van der Waals surface area (Å²) in [5.41, 5.74) is 0. The van der Waals surface area contributed by atoms with E-state index in [1.807, 2.05) is 6.20 Å². The molecule has 2 heterocycles.